The molecule has 1 atom stereocenters. The summed E-state index contributed by atoms with van der Waals surface area (Å²) in [5, 5.41) is 2.92. The van der Waals surface area contributed by atoms with Gasteiger partial charge >= 0.3 is 0 Å². The predicted molar refractivity (Wildman–Crippen MR) is 90.5 cm³/mol. The first-order valence-electron chi connectivity index (χ1n) is 8.19. The molecule has 2 aromatic rings. The molecule has 1 unspecified atom stereocenters. The minimum Gasteiger partial charge on any atom is -0.493 e. The largest absolute Gasteiger partial charge is 0.493 e. The molecule has 6 heteroatoms. The first-order valence-corrected chi connectivity index (χ1v) is 8.19. The minimum absolute atomic E-state index is 0.121. The van der Waals surface area contributed by atoms with Crippen molar-refractivity contribution >= 4 is 5.91 Å². The number of fused-ring (bicyclic) bond motifs is 1. The van der Waals surface area contributed by atoms with Crippen molar-refractivity contribution in [3.05, 3.63) is 53.8 Å². The van der Waals surface area contributed by atoms with Crippen LogP contribution in [0, 0.1) is 5.82 Å². The first kappa shape index (κ1) is 17.1. The van der Waals surface area contributed by atoms with Crippen molar-refractivity contribution in [3.8, 4) is 17.2 Å². The molecule has 0 saturated heterocycles. The van der Waals surface area contributed by atoms with Crippen molar-refractivity contribution in [1.29, 1.82) is 0 Å². The lowest BCUT2D eigenvalue weighted by atomic mass is 10.1. The zero-order valence-electron chi connectivity index (χ0n) is 14.0. The van der Waals surface area contributed by atoms with E-state index in [1.807, 2.05) is 25.1 Å². The Bertz CT molecular complexity index is 733. The molecule has 1 amide bonds. The van der Waals surface area contributed by atoms with E-state index in [0.717, 1.165) is 11.3 Å². The van der Waals surface area contributed by atoms with Crippen molar-refractivity contribution in [2.45, 2.75) is 19.4 Å². The van der Waals surface area contributed by atoms with Gasteiger partial charge in [-0.15, -0.1) is 0 Å². The zero-order chi connectivity index (χ0) is 17.6. The number of nitrogens with one attached hydrogen (secondary N) is 1. The van der Waals surface area contributed by atoms with Gasteiger partial charge in [-0.3, -0.25) is 4.79 Å². The molecule has 132 valence electrons. The Morgan fingerprint density at radius 2 is 1.88 bits per heavy atom. The topological polar surface area (TPSA) is 56.8 Å². The number of carbonyl (C=O) groups excluding carboxylic acids is 1. The van der Waals surface area contributed by atoms with Crippen LogP contribution in [-0.2, 0) is 4.79 Å². The van der Waals surface area contributed by atoms with E-state index in [4.69, 9.17) is 14.2 Å². The summed E-state index contributed by atoms with van der Waals surface area (Å²) < 4.78 is 29.3. The van der Waals surface area contributed by atoms with Crippen molar-refractivity contribution < 1.29 is 23.4 Å². The number of hydrogen-bond acceptors (Lipinski definition) is 4. The van der Waals surface area contributed by atoms with Crippen LogP contribution in [0.3, 0.4) is 0 Å². The molecule has 25 heavy (non-hydrogen) atoms. The number of rotatable bonds is 6. The van der Waals surface area contributed by atoms with Gasteiger partial charge in [0.1, 0.15) is 24.8 Å². The fraction of sp³-hybridized carbons (Fsp3) is 0.316. The number of hydrogen-bond donors (Lipinski definition) is 1. The van der Waals surface area contributed by atoms with Crippen LogP contribution in [0.4, 0.5) is 4.39 Å². The third-order valence-electron chi connectivity index (χ3n) is 3.86. The SMILES string of the molecule is CC(NC(=O)CCOc1ccc(F)cc1)c1ccc2c(c1)OCCO2. The van der Waals surface area contributed by atoms with Gasteiger partial charge in [0.05, 0.1) is 19.1 Å². The molecule has 2 aromatic carbocycles. The Kier molecular flexibility index (Phi) is 5.38. The summed E-state index contributed by atoms with van der Waals surface area (Å²) in [5.74, 6) is 1.52. The molecule has 0 radical (unpaired) electrons. The van der Waals surface area contributed by atoms with E-state index >= 15 is 0 Å². The number of halogens is 1. The van der Waals surface area contributed by atoms with Gasteiger partial charge < -0.3 is 19.5 Å². The number of ether oxygens (including phenoxy) is 3. The maximum atomic E-state index is 12.8. The highest BCUT2D eigenvalue weighted by Crippen LogP contribution is 2.32. The third-order valence-corrected chi connectivity index (χ3v) is 3.86. The second kappa shape index (κ2) is 7.88. The number of amides is 1. The standard InChI is InChI=1S/C19H20FNO4/c1-13(14-2-7-17-18(12-14)25-11-10-24-17)21-19(22)8-9-23-16-5-3-15(20)4-6-16/h2-7,12-13H,8-11H2,1H3,(H,21,22). The van der Waals surface area contributed by atoms with E-state index in [0.29, 0.717) is 24.7 Å². The van der Waals surface area contributed by atoms with Crippen LogP contribution in [-0.4, -0.2) is 25.7 Å². The Balaban J connectivity index is 1.48. The number of carbonyl (C=O) groups is 1. The van der Waals surface area contributed by atoms with Gasteiger partial charge in [-0.2, -0.15) is 0 Å². The smallest absolute Gasteiger partial charge is 0.223 e. The lowest BCUT2D eigenvalue weighted by Gasteiger charge is -2.21. The molecule has 1 heterocycles. The number of benzene rings is 2. The maximum absolute atomic E-state index is 12.8. The van der Waals surface area contributed by atoms with Crippen LogP contribution in [0.25, 0.3) is 0 Å². The molecule has 0 bridgehead atoms. The molecular weight excluding hydrogens is 325 g/mol. The molecule has 0 fully saturated rings. The van der Waals surface area contributed by atoms with Gasteiger partial charge in [0.15, 0.2) is 11.5 Å². The van der Waals surface area contributed by atoms with Crippen LogP contribution in [0.2, 0.25) is 0 Å². The van der Waals surface area contributed by atoms with Gasteiger partial charge in [-0.25, -0.2) is 4.39 Å². The van der Waals surface area contributed by atoms with Gasteiger partial charge in [-0.1, -0.05) is 6.07 Å². The van der Waals surface area contributed by atoms with Crippen LogP contribution >= 0.6 is 0 Å². The molecule has 1 N–H and O–H groups in total. The fourth-order valence-electron chi connectivity index (χ4n) is 2.52. The Morgan fingerprint density at radius 1 is 1.16 bits per heavy atom. The average molecular weight is 345 g/mol. The van der Waals surface area contributed by atoms with E-state index in [2.05, 4.69) is 5.32 Å². The molecule has 0 aliphatic carbocycles. The van der Waals surface area contributed by atoms with E-state index in [1.54, 1.807) is 0 Å². The Hall–Kier alpha value is -2.76. The van der Waals surface area contributed by atoms with E-state index in [9.17, 15) is 9.18 Å². The van der Waals surface area contributed by atoms with Gasteiger partial charge in [0, 0.05) is 0 Å². The van der Waals surface area contributed by atoms with Crippen molar-refractivity contribution in [1.82, 2.24) is 5.32 Å². The van der Waals surface area contributed by atoms with Crippen molar-refractivity contribution in [3.63, 3.8) is 0 Å². The summed E-state index contributed by atoms with van der Waals surface area (Å²) in [7, 11) is 0. The van der Waals surface area contributed by atoms with Gasteiger partial charge in [-0.05, 0) is 48.9 Å². The van der Waals surface area contributed by atoms with Crippen LogP contribution in [0.15, 0.2) is 42.5 Å². The minimum atomic E-state index is -0.321. The summed E-state index contributed by atoms with van der Waals surface area (Å²) in [6, 6.07) is 11.2. The molecule has 0 spiro atoms. The maximum Gasteiger partial charge on any atom is 0.223 e. The molecule has 3 rings (SSSR count). The highest BCUT2D eigenvalue weighted by atomic mass is 19.1. The fourth-order valence-corrected chi connectivity index (χ4v) is 2.52. The van der Waals surface area contributed by atoms with Crippen LogP contribution < -0.4 is 19.5 Å². The van der Waals surface area contributed by atoms with E-state index < -0.39 is 0 Å². The summed E-state index contributed by atoms with van der Waals surface area (Å²) in [6.07, 6.45) is 0.215. The van der Waals surface area contributed by atoms with Crippen molar-refractivity contribution in [2.24, 2.45) is 0 Å². The lowest BCUT2D eigenvalue weighted by molar-refractivity contribution is -0.122. The summed E-state index contributed by atoms with van der Waals surface area (Å²) in [5.41, 5.74) is 0.942. The summed E-state index contributed by atoms with van der Waals surface area (Å²) in [6.45, 7) is 3.21. The molecule has 0 aromatic heterocycles. The summed E-state index contributed by atoms with van der Waals surface area (Å²) >= 11 is 0. The Morgan fingerprint density at radius 3 is 2.64 bits per heavy atom. The lowest BCUT2D eigenvalue weighted by Crippen LogP contribution is -2.28. The second-order valence-corrected chi connectivity index (χ2v) is 5.74. The van der Waals surface area contributed by atoms with E-state index in [1.165, 1.54) is 24.3 Å². The highest BCUT2D eigenvalue weighted by Gasteiger charge is 2.15. The molecule has 5 nitrogen and oxygen atoms in total. The van der Waals surface area contributed by atoms with E-state index in [-0.39, 0.29) is 30.8 Å². The average Bonchev–Trinajstić information content (AvgIpc) is 2.63. The third kappa shape index (κ3) is 4.62. The molecule has 1 aliphatic heterocycles. The summed E-state index contributed by atoms with van der Waals surface area (Å²) in [4.78, 5) is 12.1. The quantitative estimate of drug-likeness (QED) is 0.873. The molecular formula is C19H20FNO4. The Labute approximate surface area is 145 Å². The van der Waals surface area contributed by atoms with Gasteiger partial charge in [0.25, 0.3) is 0 Å². The predicted octanol–water partition coefficient (Wildman–Crippen LogP) is 3.24. The monoisotopic (exact) mass is 345 g/mol. The first-order chi connectivity index (χ1) is 12.1. The normalized spacial score (nSPS) is 13.8. The highest BCUT2D eigenvalue weighted by molar-refractivity contribution is 5.76. The van der Waals surface area contributed by atoms with Crippen LogP contribution in [0.5, 0.6) is 17.2 Å². The molecule has 1 aliphatic rings. The van der Waals surface area contributed by atoms with Crippen molar-refractivity contribution in [2.75, 3.05) is 19.8 Å². The van der Waals surface area contributed by atoms with Gasteiger partial charge in [0.2, 0.25) is 5.91 Å². The molecule has 0 saturated carbocycles. The van der Waals surface area contributed by atoms with Crippen LogP contribution in [0.1, 0.15) is 24.9 Å². The second-order valence-electron chi connectivity index (χ2n) is 5.74. The zero-order valence-corrected chi connectivity index (χ0v) is 14.0.